The molecule has 0 fully saturated rings. The van der Waals surface area contributed by atoms with Gasteiger partial charge in [0.1, 0.15) is 11.4 Å². The highest BCUT2D eigenvalue weighted by Gasteiger charge is 2.64. The number of carbonyl (C=O) groups excluding carboxylic acids is 2. The normalized spacial score (nSPS) is 16.9. The lowest BCUT2D eigenvalue weighted by Crippen LogP contribution is -2.53. The van der Waals surface area contributed by atoms with E-state index in [-0.39, 0.29) is 35.4 Å². The quantitative estimate of drug-likeness (QED) is 0.235. The fourth-order valence-electron chi connectivity index (χ4n) is 6.57. The van der Waals surface area contributed by atoms with Gasteiger partial charge in [-0.05, 0) is 60.9 Å². The largest absolute Gasteiger partial charge is 0.493 e. The average Bonchev–Trinajstić information content (AvgIpc) is 3.44. The van der Waals surface area contributed by atoms with Crippen molar-refractivity contribution in [2.45, 2.75) is 25.4 Å². The van der Waals surface area contributed by atoms with Crippen LogP contribution in [0.25, 0.3) is 11.0 Å². The molecule has 0 saturated carbocycles. The molecule has 1 atom stereocenters. The Hall–Kier alpha value is -5.44. The van der Waals surface area contributed by atoms with E-state index >= 15 is 0 Å². The molecular weight excluding hydrogens is 575 g/mol. The van der Waals surface area contributed by atoms with Gasteiger partial charge in [-0.3, -0.25) is 14.4 Å². The molecular formula is C36H29FN2O6. The number of anilines is 1. The molecule has 7 rings (SSSR count). The molecule has 2 aliphatic heterocycles. The molecule has 4 aromatic carbocycles. The van der Waals surface area contributed by atoms with Gasteiger partial charge in [0.25, 0.3) is 11.8 Å². The van der Waals surface area contributed by atoms with Crippen molar-refractivity contribution in [2.75, 3.05) is 25.7 Å². The summed E-state index contributed by atoms with van der Waals surface area (Å²) >= 11 is 0. The number of hydrogen-bond acceptors (Lipinski definition) is 6. The molecule has 0 radical (unpaired) electrons. The topological polar surface area (TPSA) is 89.3 Å². The Balaban J connectivity index is 1.42. The monoisotopic (exact) mass is 604 g/mol. The molecule has 1 unspecified atom stereocenters. The molecule has 8 nitrogen and oxygen atoms in total. The van der Waals surface area contributed by atoms with E-state index < -0.39 is 28.6 Å². The average molecular weight is 605 g/mol. The minimum Gasteiger partial charge on any atom is -0.493 e. The summed E-state index contributed by atoms with van der Waals surface area (Å²) in [7, 11) is 3.09. The van der Waals surface area contributed by atoms with E-state index in [1.54, 1.807) is 37.3 Å². The van der Waals surface area contributed by atoms with Crippen molar-refractivity contribution in [3.05, 3.63) is 135 Å². The molecule has 45 heavy (non-hydrogen) atoms. The Labute approximate surface area is 258 Å². The molecule has 226 valence electrons. The standard InChI is InChI=1S/C36H29FN2O6/c1-21-8-10-23(11-9-21)20-38-27-7-5-4-6-26(27)36(35(38)42)31-32(40)25-19-24(37)13-15-28(25)45-33(31)34(41)39(36)17-16-22-12-14-29(43-2)30(18-22)44-3/h4-15,18-19H,16-17,20H2,1-3H3. The smallest absolute Gasteiger partial charge is 0.291 e. The molecule has 0 aliphatic carbocycles. The highest BCUT2D eigenvalue weighted by molar-refractivity contribution is 6.17. The molecule has 0 saturated heterocycles. The van der Waals surface area contributed by atoms with Gasteiger partial charge in [-0.15, -0.1) is 0 Å². The number of ether oxygens (including phenoxy) is 2. The van der Waals surface area contributed by atoms with E-state index in [2.05, 4.69) is 0 Å². The van der Waals surface area contributed by atoms with Crippen molar-refractivity contribution in [1.29, 1.82) is 0 Å². The Morgan fingerprint density at radius 1 is 0.844 bits per heavy atom. The van der Waals surface area contributed by atoms with E-state index in [4.69, 9.17) is 13.9 Å². The van der Waals surface area contributed by atoms with Gasteiger partial charge in [0.05, 0.1) is 37.4 Å². The van der Waals surface area contributed by atoms with Gasteiger partial charge < -0.3 is 23.7 Å². The number of carbonyl (C=O) groups is 2. The number of nitrogens with zero attached hydrogens (tertiary/aromatic N) is 2. The molecule has 0 bridgehead atoms. The van der Waals surface area contributed by atoms with Gasteiger partial charge in [0.15, 0.2) is 22.5 Å². The lowest BCUT2D eigenvalue weighted by molar-refractivity contribution is -0.126. The van der Waals surface area contributed by atoms with Crippen LogP contribution in [0.15, 0.2) is 94.1 Å². The number of para-hydroxylation sites is 1. The number of hydrogen-bond donors (Lipinski definition) is 0. The first-order valence-electron chi connectivity index (χ1n) is 14.5. The Bertz CT molecular complexity index is 2070. The first kappa shape index (κ1) is 28.3. The van der Waals surface area contributed by atoms with Crippen molar-refractivity contribution in [2.24, 2.45) is 0 Å². The molecule has 0 N–H and O–H groups in total. The third-order valence-corrected chi connectivity index (χ3v) is 8.73. The zero-order valence-corrected chi connectivity index (χ0v) is 24.9. The van der Waals surface area contributed by atoms with Crippen molar-refractivity contribution >= 4 is 28.5 Å². The van der Waals surface area contributed by atoms with E-state index in [9.17, 15) is 18.8 Å². The summed E-state index contributed by atoms with van der Waals surface area (Å²) in [4.78, 5) is 46.6. The minimum absolute atomic E-state index is 0.0371. The Morgan fingerprint density at radius 3 is 2.33 bits per heavy atom. The van der Waals surface area contributed by atoms with Crippen LogP contribution in [-0.4, -0.2) is 37.5 Å². The lowest BCUT2D eigenvalue weighted by Gasteiger charge is -2.34. The lowest BCUT2D eigenvalue weighted by atomic mass is 9.83. The predicted octanol–water partition coefficient (Wildman–Crippen LogP) is 5.75. The number of rotatable bonds is 7. The molecule has 9 heteroatoms. The number of aryl methyl sites for hydroxylation is 1. The molecule has 1 spiro atoms. The van der Waals surface area contributed by atoms with E-state index in [1.807, 2.05) is 55.5 Å². The van der Waals surface area contributed by atoms with Crippen LogP contribution in [0.2, 0.25) is 0 Å². The SMILES string of the molecule is COc1ccc(CCN2C(=O)c3oc4ccc(F)cc4c(=O)c3C23C(=O)N(Cc2ccc(C)cc2)c2ccccc23)cc1OC. The van der Waals surface area contributed by atoms with Crippen molar-refractivity contribution in [3.8, 4) is 11.5 Å². The van der Waals surface area contributed by atoms with E-state index in [0.717, 1.165) is 22.8 Å². The number of methoxy groups -OCH3 is 2. The van der Waals surface area contributed by atoms with Gasteiger partial charge in [-0.25, -0.2) is 4.39 Å². The highest BCUT2D eigenvalue weighted by atomic mass is 19.1. The number of fused-ring (bicyclic) bond motifs is 5. The Morgan fingerprint density at radius 2 is 1.58 bits per heavy atom. The second kappa shape index (κ2) is 10.6. The van der Waals surface area contributed by atoms with E-state index in [0.29, 0.717) is 29.2 Å². The second-order valence-electron chi connectivity index (χ2n) is 11.3. The van der Waals surface area contributed by atoms with Crippen LogP contribution in [0.3, 0.4) is 0 Å². The first-order chi connectivity index (χ1) is 21.8. The summed E-state index contributed by atoms with van der Waals surface area (Å²) in [5.74, 6) is -0.801. The van der Waals surface area contributed by atoms with E-state index in [1.165, 1.54) is 17.0 Å². The van der Waals surface area contributed by atoms with Crippen LogP contribution in [0.4, 0.5) is 10.1 Å². The van der Waals surface area contributed by atoms with Gasteiger partial charge in [-0.2, -0.15) is 0 Å². The maximum Gasteiger partial charge on any atom is 0.291 e. The van der Waals surface area contributed by atoms with Crippen LogP contribution < -0.4 is 19.8 Å². The summed E-state index contributed by atoms with van der Waals surface area (Å²) in [5, 5.41) is -0.0371. The molecule has 5 aromatic rings. The minimum atomic E-state index is -1.81. The van der Waals surface area contributed by atoms with Crippen molar-refractivity contribution in [1.82, 2.24) is 4.90 Å². The Kier molecular flexibility index (Phi) is 6.69. The van der Waals surface area contributed by atoms with Crippen LogP contribution in [0.5, 0.6) is 11.5 Å². The van der Waals surface area contributed by atoms with Crippen LogP contribution in [0.1, 0.15) is 38.4 Å². The second-order valence-corrected chi connectivity index (χ2v) is 11.3. The van der Waals surface area contributed by atoms with Gasteiger partial charge >= 0.3 is 0 Å². The van der Waals surface area contributed by atoms with Crippen LogP contribution >= 0.6 is 0 Å². The molecule has 3 heterocycles. The molecule has 2 aliphatic rings. The predicted molar refractivity (Wildman–Crippen MR) is 166 cm³/mol. The zero-order chi connectivity index (χ0) is 31.5. The fraction of sp³-hybridized carbons (Fsp3) is 0.194. The summed E-state index contributed by atoms with van der Waals surface area (Å²) in [5.41, 5.74) is 1.41. The number of amides is 2. The highest BCUT2D eigenvalue weighted by Crippen LogP contribution is 2.53. The third kappa shape index (κ3) is 4.22. The summed E-state index contributed by atoms with van der Waals surface area (Å²) < 4.78 is 31.3. The van der Waals surface area contributed by atoms with Crippen molar-refractivity contribution in [3.63, 3.8) is 0 Å². The molecule has 1 aromatic heterocycles. The summed E-state index contributed by atoms with van der Waals surface area (Å²) in [6.07, 6.45) is 0.331. The number of benzene rings is 4. The van der Waals surface area contributed by atoms with Crippen LogP contribution in [0, 0.1) is 12.7 Å². The summed E-state index contributed by atoms with van der Waals surface area (Å²) in [6, 6.07) is 24.0. The maximum atomic E-state index is 15.0. The van der Waals surface area contributed by atoms with Gasteiger partial charge in [-0.1, -0.05) is 54.1 Å². The van der Waals surface area contributed by atoms with Crippen molar-refractivity contribution < 1.29 is 27.9 Å². The maximum absolute atomic E-state index is 15.0. The molecule has 2 amide bonds. The fourth-order valence-corrected chi connectivity index (χ4v) is 6.57. The zero-order valence-electron chi connectivity index (χ0n) is 24.9. The number of halogens is 1. The van der Waals surface area contributed by atoms with Crippen LogP contribution in [-0.2, 0) is 23.3 Å². The summed E-state index contributed by atoms with van der Waals surface area (Å²) in [6.45, 7) is 2.28. The van der Waals surface area contributed by atoms with Gasteiger partial charge in [0.2, 0.25) is 5.76 Å². The first-order valence-corrected chi connectivity index (χ1v) is 14.5. The van der Waals surface area contributed by atoms with Gasteiger partial charge in [0, 0.05) is 12.1 Å². The third-order valence-electron chi connectivity index (χ3n) is 8.73.